The van der Waals surface area contributed by atoms with E-state index in [1.807, 2.05) is 24.1 Å². The summed E-state index contributed by atoms with van der Waals surface area (Å²) in [5.41, 5.74) is 2.72. The lowest BCUT2D eigenvalue weighted by Gasteiger charge is -2.22. The number of rotatable bonds is 4. The van der Waals surface area contributed by atoms with Crippen LogP contribution < -0.4 is 5.32 Å². The van der Waals surface area contributed by atoms with Crippen LogP contribution >= 0.6 is 0 Å². The molecule has 0 aliphatic rings. The van der Waals surface area contributed by atoms with E-state index in [1.165, 1.54) is 12.1 Å². The van der Waals surface area contributed by atoms with Crippen molar-refractivity contribution in [1.82, 2.24) is 10.2 Å². The Morgan fingerprint density at radius 1 is 1.13 bits per heavy atom. The molecule has 1 N–H and O–H groups in total. The molecule has 2 aromatic rings. The molecule has 0 aliphatic heterocycles. The molecule has 0 unspecified atom stereocenters. The van der Waals surface area contributed by atoms with Crippen LogP contribution in [0.4, 0.5) is 4.39 Å². The summed E-state index contributed by atoms with van der Waals surface area (Å²) in [6.45, 7) is 1.25. The number of halogens is 1. The first-order valence-electron chi connectivity index (χ1n) is 7.27. The third-order valence-corrected chi connectivity index (χ3v) is 3.44. The minimum atomic E-state index is -0.236. The van der Waals surface area contributed by atoms with Gasteiger partial charge in [-0.3, -0.25) is 4.99 Å². The van der Waals surface area contributed by atoms with Gasteiger partial charge >= 0.3 is 0 Å². The molecular weight excluding hydrogens is 291 g/mol. The quantitative estimate of drug-likeness (QED) is 0.698. The number of benzene rings is 2. The van der Waals surface area contributed by atoms with Crippen LogP contribution in [0.1, 0.15) is 16.7 Å². The highest BCUT2D eigenvalue weighted by molar-refractivity contribution is 5.79. The SMILES string of the molecule is CN=C(NCc1ccc(C#N)cc1)N(C)Cc1ccc(F)cc1. The van der Waals surface area contributed by atoms with Crippen LogP contribution in [0.15, 0.2) is 53.5 Å². The van der Waals surface area contributed by atoms with E-state index in [0.717, 1.165) is 17.1 Å². The van der Waals surface area contributed by atoms with Gasteiger partial charge < -0.3 is 10.2 Å². The molecule has 2 rings (SSSR count). The summed E-state index contributed by atoms with van der Waals surface area (Å²) in [5, 5.41) is 12.1. The zero-order chi connectivity index (χ0) is 16.7. The number of nitrogens with zero attached hydrogens (tertiary/aromatic N) is 3. The van der Waals surface area contributed by atoms with Crippen LogP contribution in [0.3, 0.4) is 0 Å². The number of hydrogen-bond donors (Lipinski definition) is 1. The monoisotopic (exact) mass is 310 g/mol. The van der Waals surface area contributed by atoms with E-state index in [9.17, 15) is 4.39 Å². The van der Waals surface area contributed by atoms with Gasteiger partial charge in [0.15, 0.2) is 5.96 Å². The van der Waals surface area contributed by atoms with Crippen molar-refractivity contribution in [2.24, 2.45) is 4.99 Å². The Balaban J connectivity index is 1.93. The lowest BCUT2D eigenvalue weighted by Crippen LogP contribution is -2.38. The van der Waals surface area contributed by atoms with E-state index in [0.29, 0.717) is 18.7 Å². The summed E-state index contributed by atoms with van der Waals surface area (Å²) in [7, 11) is 3.65. The first-order chi connectivity index (χ1) is 11.1. The molecule has 23 heavy (non-hydrogen) atoms. The molecule has 0 radical (unpaired) electrons. The van der Waals surface area contributed by atoms with E-state index in [1.54, 1.807) is 31.3 Å². The standard InChI is InChI=1S/C18H19FN4/c1-21-18(22-12-15-5-3-14(11-20)4-6-15)23(2)13-16-7-9-17(19)10-8-16/h3-10H,12-13H2,1-2H3,(H,21,22). The van der Waals surface area contributed by atoms with Crippen molar-refractivity contribution in [2.75, 3.05) is 14.1 Å². The lowest BCUT2D eigenvalue weighted by atomic mass is 10.1. The minimum absolute atomic E-state index is 0.236. The van der Waals surface area contributed by atoms with Crippen molar-refractivity contribution in [1.29, 1.82) is 5.26 Å². The second kappa shape index (κ2) is 7.95. The van der Waals surface area contributed by atoms with Gasteiger partial charge in [0.2, 0.25) is 0 Å². The zero-order valence-corrected chi connectivity index (χ0v) is 13.3. The maximum Gasteiger partial charge on any atom is 0.193 e. The van der Waals surface area contributed by atoms with Crippen LogP contribution in [0, 0.1) is 17.1 Å². The van der Waals surface area contributed by atoms with E-state index < -0.39 is 0 Å². The van der Waals surface area contributed by atoms with Gasteiger partial charge in [-0.25, -0.2) is 4.39 Å². The number of guanidine groups is 1. The molecular formula is C18H19FN4. The molecule has 0 atom stereocenters. The van der Waals surface area contributed by atoms with Gasteiger partial charge in [-0.1, -0.05) is 24.3 Å². The Hall–Kier alpha value is -2.87. The molecule has 0 amide bonds. The second-order valence-corrected chi connectivity index (χ2v) is 5.19. The molecule has 0 saturated carbocycles. The Morgan fingerprint density at radius 3 is 2.30 bits per heavy atom. The van der Waals surface area contributed by atoms with E-state index in [-0.39, 0.29) is 5.82 Å². The average molecular weight is 310 g/mol. The van der Waals surface area contributed by atoms with Crippen molar-refractivity contribution in [3.63, 3.8) is 0 Å². The summed E-state index contributed by atoms with van der Waals surface area (Å²) in [5.74, 6) is 0.512. The molecule has 0 aromatic heterocycles. The molecule has 0 bridgehead atoms. The summed E-state index contributed by atoms with van der Waals surface area (Å²) >= 11 is 0. The first-order valence-corrected chi connectivity index (χ1v) is 7.27. The molecule has 0 fully saturated rings. The van der Waals surface area contributed by atoms with Crippen molar-refractivity contribution in [3.05, 3.63) is 71.0 Å². The minimum Gasteiger partial charge on any atom is -0.352 e. The van der Waals surface area contributed by atoms with Crippen molar-refractivity contribution in [3.8, 4) is 6.07 Å². The maximum absolute atomic E-state index is 12.9. The molecule has 2 aromatic carbocycles. The summed E-state index contributed by atoms with van der Waals surface area (Å²) in [4.78, 5) is 6.22. The first kappa shape index (κ1) is 16.5. The molecule has 0 heterocycles. The van der Waals surface area contributed by atoms with Crippen molar-refractivity contribution >= 4 is 5.96 Å². The topological polar surface area (TPSA) is 51.4 Å². The van der Waals surface area contributed by atoms with E-state index >= 15 is 0 Å². The Kier molecular flexibility index (Phi) is 5.70. The predicted molar refractivity (Wildman–Crippen MR) is 89.2 cm³/mol. The summed E-state index contributed by atoms with van der Waals surface area (Å²) < 4.78 is 12.9. The molecule has 5 heteroatoms. The van der Waals surface area contributed by atoms with E-state index in [4.69, 9.17) is 5.26 Å². The Labute approximate surface area is 135 Å². The van der Waals surface area contributed by atoms with Crippen LogP contribution in [-0.4, -0.2) is 25.0 Å². The lowest BCUT2D eigenvalue weighted by molar-refractivity contribution is 0.476. The normalized spacial score (nSPS) is 11.0. The highest BCUT2D eigenvalue weighted by Gasteiger charge is 2.06. The van der Waals surface area contributed by atoms with Crippen molar-refractivity contribution in [2.45, 2.75) is 13.1 Å². The zero-order valence-electron chi connectivity index (χ0n) is 13.3. The fourth-order valence-corrected chi connectivity index (χ4v) is 2.20. The Morgan fingerprint density at radius 2 is 1.74 bits per heavy atom. The third-order valence-electron chi connectivity index (χ3n) is 3.44. The molecule has 118 valence electrons. The molecule has 0 aliphatic carbocycles. The highest BCUT2D eigenvalue weighted by Crippen LogP contribution is 2.07. The van der Waals surface area contributed by atoms with Crippen LogP contribution in [0.2, 0.25) is 0 Å². The maximum atomic E-state index is 12.9. The van der Waals surface area contributed by atoms with Gasteiger partial charge in [0.05, 0.1) is 11.6 Å². The second-order valence-electron chi connectivity index (χ2n) is 5.19. The summed E-state index contributed by atoms with van der Waals surface area (Å²) in [6, 6.07) is 16.0. The predicted octanol–water partition coefficient (Wildman–Crippen LogP) is 2.90. The van der Waals surface area contributed by atoms with Gasteiger partial charge in [-0.05, 0) is 35.4 Å². The Bertz CT molecular complexity index is 699. The largest absolute Gasteiger partial charge is 0.352 e. The fraction of sp³-hybridized carbons (Fsp3) is 0.222. The molecule has 0 spiro atoms. The van der Waals surface area contributed by atoms with Gasteiger partial charge in [0.1, 0.15) is 5.82 Å². The number of nitriles is 1. The molecule has 4 nitrogen and oxygen atoms in total. The van der Waals surface area contributed by atoms with Crippen LogP contribution in [-0.2, 0) is 13.1 Å². The third kappa shape index (κ3) is 4.82. The number of hydrogen-bond acceptors (Lipinski definition) is 2. The number of aliphatic imine (C=N–C) groups is 1. The van der Waals surface area contributed by atoms with E-state index in [2.05, 4.69) is 16.4 Å². The van der Waals surface area contributed by atoms with Gasteiger partial charge in [0, 0.05) is 27.2 Å². The van der Waals surface area contributed by atoms with Gasteiger partial charge in [-0.2, -0.15) is 5.26 Å². The van der Waals surface area contributed by atoms with Crippen LogP contribution in [0.5, 0.6) is 0 Å². The fourth-order valence-electron chi connectivity index (χ4n) is 2.20. The summed E-state index contributed by atoms with van der Waals surface area (Å²) in [6.07, 6.45) is 0. The number of nitrogens with one attached hydrogen (secondary N) is 1. The van der Waals surface area contributed by atoms with Crippen LogP contribution in [0.25, 0.3) is 0 Å². The van der Waals surface area contributed by atoms with Crippen molar-refractivity contribution < 1.29 is 4.39 Å². The van der Waals surface area contributed by atoms with Gasteiger partial charge in [-0.15, -0.1) is 0 Å². The average Bonchev–Trinajstić information content (AvgIpc) is 2.58. The molecule has 0 saturated heterocycles. The smallest absolute Gasteiger partial charge is 0.193 e. The highest BCUT2D eigenvalue weighted by atomic mass is 19.1. The van der Waals surface area contributed by atoms with Gasteiger partial charge in [0.25, 0.3) is 0 Å².